The average Bonchev–Trinajstić information content (AvgIpc) is 2.92. The molecule has 0 radical (unpaired) electrons. The molecule has 1 aromatic heterocycles. The van der Waals surface area contributed by atoms with Crippen LogP contribution in [0.3, 0.4) is 0 Å². The first-order valence-electron chi connectivity index (χ1n) is 5.98. The number of sulfonamides is 1. The van der Waals surface area contributed by atoms with Crippen LogP contribution >= 0.6 is 11.3 Å². The normalized spacial score (nSPS) is 14.7. The first kappa shape index (κ1) is 12.6. The van der Waals surface area contributed by atoms with Crippen molar-refractivity contribution in [1.82, 2.24) is 4.98 Å². The maximum atomic E-state index is 11.7. The lowest BCUT2D eigenvalue weighted by atomic mass is 10.1. The van der Waals surface area contributed by atoms with Gasteiger partial charge in [0.1, 0.15) is 0 Å². The monoisotopic (exact) mass is 294 g/mol. The summed E-state index contributed by atoms with van der Waals surface area (Å²) in [5, 5.41) is 3.06. The molecule has 0 fully saturated rings. The molecule has 0 amide bonds. The van der Waals surface area contributed by atoms with Crippen LogP contribution in [0.25, 0.3) is 11.3 Å². The minimum Gasteiger partial charge on any atom is -0.270 e. The first-order chi connectivity index (χ1) is 8.95. The second-order valence-electron chi connectivity index (χ2n) is 4.68. The Hall–Kier alpha value is -1.40. The second kappa shape index (κ2) is 4.31. The highest BCUT2D eigenvalue weighted by Crippen LogP contribution is 2.33. The van der Waals surface area contributed by atoms with Gasteiger partial charge in [-0.15, -0.1) is 11.3 Å². The summed E-state index contributed by atoms with van der Waals surface area (Å²) >= 11 is 1.62. The van der Waals surface area contributed by atoms with Crippen LogP contribution in [-0.4, -0.2) is 26.2 Å². The summed E-state index contributed by atoms with van der Waals surface area (Å²) in [4.78, 5) is 4.46. The molecule has 6 heteroatoms. The van der Waals surface area contributed by atoms with Gasteiger partial charge in [-0.1, -0.05) is 6.07 Å². The lowest BCUT2D eigenvalue weighted by molar-refractivity contribution is 0.598. The Morgan fingerprint density at radius 2 is 2.16 bits per heavy atom. The van der Waals surface area contributed by atoms with Crippen LogP contribution in [0.1, 0.15) is 10.6 Å². The third-order valence-corrected chi connectivity index (χ3v) is 5.20. The minimum absolute atomic E-state index is 0.535. The SMILES string of the molecule is Cc1nc(-c2ccc3c(c2)CCN3S(C)(=O)=O)cs1. The van der Waals surface area contributed by atoms with E-state index in [1.54, 1.807) is 11.3 Å². The number of rotatable bonds is 2. The van der Waals surface area contributed by atoms with E-state index >= 15 is 0 Å². The van der Waals surface area contributed by atoms with Crippen LogP contribution in [0.5, 0.6) is 0 Å². The summed E-state index contributed by atoms with van der Waals surface area (Å²) < 4.78 is 24.8. The van der Waals surface area contributed by atoms with Gasteiger partial charge in [-0.2, -0.15) is 0 Å². The number of thiazole rings is 1. The van der Waals surface area contributed by atoms with E-state index in [1.807, 2.05) is 24.4 Å². The van der Waals surface area contributed by atoms with Gasteiger partial charge in [-0.25, -0.2) is 13.4 Å². The van der Waals surface area contributed by atoms with Crippen molar-refractivity contribution in [2.75, 3.05) is 17.1 Å². The van der Waals surface area contributed by atoms with Crippen molar-refractivity contribution >= 4 is 27.0 Å². The summed E-state index contributed by atoms with van der Waals surface area (Å²) in [6, 6.07) is 5.87. The lowest BCUT2D eigenvalue weighted by Crippen LogP contribution is -2.27. The van der Waals surface area contributed by atoms with Crippen molar-refractivity contribution < 1.29 is 8.42 Å². The number of aryl methyl sites for hydroxylation is 1. The van der Waals surface area contributed by atoms with Gasteiger partial charge in [0.25, 0.3) is 0 Å². The topological polar surface area (TPSA) is 50.3 Å². The molecule has 0 aliphatic carbocycles. The van der Waals surface area contributed by atoms with E-state index in [1.165, 1.54) is 10.6 Å². The minimum atomic E-state index is -3.17. The fraction of sp³-hybridized carbons (Fsp3) is 0.308. The van der Waals surface area contributed by atoms with Crippen LogP contribution in [0, 0.1) is 6.92 Å². The van der Waals surface area contributed by atoms with Crippen LogP contribution in [0.15, 0.2) is 23.6 Å². The largest absolute Gasteiger partial charge is 0.270 e. The number of nitrogens with zero attached hydrogens (tertiary/aromatic N) is 2. The molecule has 0 bridgehead atoms. The Labute approximate surface area is 116 Å². The van der Waals surface area contributed by atoms with Crippen LogP contribution in [0.4, 0.5) is 5.69 Å². The predicted molar refractivity (Wildman–Crippen MR) is 78.2 cm³/mol. The van der Waals surface area contributed by atoms with E-state index in [0.717, 1.165) is 33.9 Å². The fourth-order valence-corrected chi connectivity index (χ4v) is 3.95. The standard InChI is InChI=1S/C13H14N2O2S2/c1-9-14-12(8-18-9)10-3-4-13-11(7-10)5-6-15(13)19(2,16)17/h3-4,7-8H,5-6H2,1-2H3. The highest BCUT2D eigenvalue weighted by Gasteiger charge is 2.26. The zero-order valence-electron chi connectivity index (χ0n) is 10.8. The quantitative estimate of drug-likeness (QED) is 0.855. The maximum Gasteiger partial charge on any atom is 0.232 e. The van der Waals surface area contributed by atoms with E-state index in [0.29, 0.717) is 6.54 Å². The maximum absolute atomic E-state index is 11.7. The molecule has 19 heavy (non-hydrogen) atoms. The van der Waals surface area contributed by atoms with Crippen molar-refractivity contribution in [3.63, 3.8) is 0 Å². The molecule has 3 rings (SSSR count). The Morgan fingerprint density at radius 3 is 2.79 bits per heavy atom. The summed E-state index contributed by atoms with van der Waals surface area (Å²) in [5.74, 6) is 0. The van der Waals surface area contributed by atoms with Gasteiger partial charge in [-0.05, 0) is 31.0 Å². The third kappa shape index (κ3) is 2.26. The molecule has 0 atom stereocenters. The fourth-order valence-electron chi connectivity index (χ4n) is 2.37. The molecule has 1 aromatic carbocycles. The average molecular weight is 294 g/mol. The molecular formula is C13H14N2O2S2. The van der Waals surface area contributed by atoms with E-state index in [9.17, 15) is 8.42 Å². The van der Waals surface area contributed by atoms with E-state index in [4.69, 9.17) is 0 Å². The molecule has 0 spiro atoms. The molecule has 0 saturated heterocycles. The van der Waals surface area contributed by atoms with Gasteiger partial charge in [-0.3, -0.25) is 4.31 Å². The van der Waals surface area contributed by atoms with Gasteiger partial charge < -0.3 is 0 Å². The second-order valence-corrected chi connectivity index (χ2v) is 7.65. The van der Waals surface area contributed by atoms with Crippen molar-refractivity contribution in [3.05, 3.63) is 34.2 Å². The van der Waals surface area contributed by atoms with Gasteiger partial charge in [0.05, 0.1) is 22.6 Å². The van der Waals surface area contributed by atoms with Crippen LogP contribution in [0.2, 0.25) is 0 Å². The number of fused-ring (bicyclic) bond motifs is 1. The van der Waals surface area contributed by atoms with Crippen molar-refractivity contribution in [3.8, 4) is 11.3 Å². The van der Waals surface area contributed by atoms with E-state index < -0.39 is 10.0 Å². The molecule has 0 saturated carbocycles. The number of benzene rings is 1. The third-order valence-electron chi connectivity index (χ3n) is 3.25. The zero-order chi connectivity index (χ0) is 13.6. The Balaban J connectivity index is 2.03. The molecule has 2 aromatic rings. The summed E-state index contributed by atoms with van der Waals surface area (Å²) in [5.41, 5.74) is 3.90. The van der Waals surface area contributed by atoms with Gasteiger partial charge in [0.2, 0.25) is 10.0 Å². The summed E-state index contributed by atoms with van der Waals surface area (Å²) in [7, 11) is -3.17. The number of hydrogen-bond acceptors (Lipinski definition) is 4. The molecule has 100 valence electrons. The molecule has 2 heterocycles. The van der Waals surface area contributed by atoms with E-state index in [-0.39, 0.29) is 0 Å². The highest BCUT2D eigenvalue weighted by molar-refractivity contribution is 7.92. The van der Waals surface area contributed by atoms with Gasteiger partial charge in [0, 0.05) is 17.5 Å². The number of hydrogen-bond donors (Lipinski definition) is 0. The van der Waals surface area contributed by atoms with Crippen LogP contribution < -0.4 is 4.31 Å². The smallest absolute Gasteiger partial charge is 0.232 e. The van der Waals surface area contributed by atoms with Gasteiger partial charge in [0.15, 0.2) is 0 Å². The van der Waals surface area contributed by atoms with Gasteiger partial charge >= 0.3 is 0 Å². The molecule has 1 aliphatic heterocycles. The van der Waals surface area contributed by atoms with E-state index in [2.05, 4.69) is 11.1 Å². The molecule has 0 N–H and O–H groups in total. The lowest BCUT2D eigenvalue weighted by Gasteiger charge is -2.16. The number of aromatic nitrogens is 1. The Morgan fingerprint density at radius 1 is 1.37 bits per heavy atom. The first-order valence-corrected chi connectivity index (χ1v) is 8.71. The predicted octanol–water partition coefficient (Wildman–Crippen LogP) is 2.44. The Bertz CT molecular complexity index is 735. The van der Waals surface area contributed by atoms with Crippen LogP contribution in [-0.2, 0) is 16.4 Å². The van der Waals surface area contributed by atoms with Crippen molar-refractivity contribution in [1.29, 1.82) is 0 Å². The number of anilines is 1. The van der Waals surface area contributed by atoms with Crippen molar-refractivity contribution in [2.24, 2.45) is 0 Å². The Kier molecular flexibility index (Phi) is 2.87. The molecule has 4 nitrogen and oxygen atoms in total. The molecular weight excluding hydrogens is 280 g/mol. The molecule has 1 aliphatic rings. The van der Waals surface area contributed by atoms with Crippen molar-refractivity contribution in [2.45, 2.75) is 13.3 Å². The summed E-state index contributed by atoms with van der Waals surface area (Å²) in [6.07, 6.45) is 2.01. The summed E-state index contributed by atoms with van der Waals surface area (Å²) in [6.45, 7) is 2.51. The zero-order valence-corrected chi connectivity index (χ0v) is 12.4. The molecule has 0 unspecified atom stereocenters. The highest BCUT2D eigenvalue weighted by atomic mass is 32.2.